The molecule has 26 heavy (non-hydrogen) atoms. The lowest BCUT2D eigenvalue weighted by atomic mass is 10.2. The second kappa shape index (κ2) is 7.88. The SMILES string of the molecule is COC(C)c1nc(CN(C)c2nc(-c3ccccn3)nc(C)c2C)cs1. The summed E-state index contributed by atoms with van der Waals surface area (Å²) >= 11 is 1.62. The molecule has 0 radical (unpaired) electrons. The fraction of sp³-hybridized carbons (Fsp3) is 0.368. The summed E-state index contributed by atoms with van der Waals surface area (Å²) in [6.07, 6.45) is 1.77. The number of aromatic nitrogens is 4. The maximum Gasteiger partial charge on any atom is 0.180 e. The second-order valence-electron chi connectivity index (χ2n) is 6.21. The van der Waals surface area contributed by atoms with E-state index in [1.807, 2.05) is 46.0 Å². The Balaban J connectivity index is 1.88. The lowest BCUT2D eigenvalue weighted by molar-refractivity contribution is 0.119. The van der Waals surface area contributed by atoms with E-state index in [2.05, 4.69) is 25.2 Å². The summed E-state index contributed by atoms with van der Waals surface area (Å²) in [6.45, 7) is 6.72. The van der Waals surface area contributed by atoms with Gasteiger partial charge in [-0.2, -0.15) is 0 Å². The van der Waals surface area contributed by atoms with Crippen LogP contribution in [0.5, 0.6) is 0 Å². The topological polar surface area (TPSA) is 64.0 Å². The summed E-state index contributed by atoms with van der Waals surface area (Å²) in [4.78, 5) is 20.5. The monoisotopic (exact) mass is 369 g/mol. The molecule has 6 nitrogen and oxygen atoms in total. The Labute approximate surface area is 157 Å². The Hall–Kier alpha value is -2.38. The minimum atomic E-state index is 0.0119. The molecule has 1 unspecified atom stereocenters. The third kappa shape index (κ3) is 3.89. The van der Waals surface area contributed by atoms with Gasteiger partial charge in [-0.1, -0.05) is 6.07 Å². The molecule has 0 aromatic carbocycles. The van der Waals surface area contributed by atoms with E-state index < -0.39 is 0 Å². The van der Waals surface area contributed by atoms with Gasteiger partial charge in [0, 0.05) is 37.0 Å². The van der Waals surface area contributed by atoms with E-state index in [0.717, 1.165) is 33.5 Å². The van der Waals surface area contributed by atoms with Crippen molar-refractivity contribution in [2.24, 2.45) is 0 Å². The highest BCUT2D eigenvalue weighted by molar-refractivity contribution is 7.09. The normalized spacial score (nSPS) is 12.2. The Morgan fingerprint density at radius 2 is 2.00 bits per heavy atom. The van der Waals surface area contributed by atoms with Crippen LogP contribution < -0.4 is 4.90 Å². The molecule has 0 bridgehead atoms. The third-order valence-electron chi connectivity index (χ3n) is 4.29. The van der Waals surface area contributed by atoms with Crippen LogP contribution in [0.25, 0.3) is 11.5 Å². The molecule has 7 heteroatoms. The highest BCUT2D eigenvalue weighted by Crippen LogP contribution is 2.25. The minimum Gasteiger partial charge on any atom is -0.375 e. The van der Waals surface area contributed by atoms with Crippen LogP contribution in [-0.2, 0) is 11.3 Å². The van der Waals surface area contributed by atoms with Crippen molar-refractivity contribution in [1.29, 1.82) is 0 Å². The van der Waals surface area contributed by atoms with E-state index in [9.17, 15) is 0 Å². The summed E-state index contributed by atoms with van der Waals surface area (Å²) in [5, 5.41) is 3.06. The largest absolute Gasteiger partial charge is 0.375 e. The average molecular weight is 369 g/mol. The standard InChI is InChI=1S/C19H23N5OS/c1-12-13(2)21-17(16-8-6-7-9-20-16)23-18(12)24(4)10-15-11-26-19(22-15)14(3)25-5/h6-9,11,14H,10H2,1-5H3. The average Bonchev–Trinajstić information content (AvgIpc) is 3.12. The predicted octanol–water partition coefficient (Wildman–Crippen LogP) is 3.96. The molecule has 0 N–H and O–H groups in total. The number of thiazole rings is 1. The molecular formula is C19H23N5OS. The summed E-state index contributed by atoms with van der Waals surface area (Å²) in [5.41, 5.74) is 3.80. The molecule has 0 aliphatic heterocycles. The maximum absolute atomic E-state index is 5.35. The first-order valence-corrected chi connectivity index (χ1v) is 9.32. The maximum atomic E-state index is 5.35. The molecule has 0 fully saturated rings. The van der Waals surface area contributed by atoms with Crippen LogP contribution in [0, 0.1) is 13.8 Å². The van der Waals surface area contributed by atoms with Crippen LogP contribution in [0.4, 0.5) is 5.82 Å². The molecule has 0 saturated carbocycles. The Kier molecular flexibility index (Phi) is 5.58. The molecule has 0 spiro atoms. The van der Waals surface area contributed by atoms with Crippen molar-refractivity contribution in [3.63, 3.8) is 0 Å². The molecular weight excluding hydrogens is 346 g/mol. The molecule has 0 aliphatic rings. The quantitative estimate of drug-likeness (QED) is 0.655. The van der Waals surface area contributed by atoms with Gasteiger partial charge in [0.05, 0.1) is 12.2 Å². The summed E-state index contributed by atoms with van der Waals surface area (Å²) in [5.74, 6) is 1.54. The van der Waals surface area contributed by atoms with Crippen LogP contribution in [0.1, 0.15) is 35.0 Å². The van der Waals surface area contributed by atoms with E-state index >= 15 is 0 Å². The lowest BCUT2D eigenvalue weighted by Gasteiger charge is -2.20. The van der Waals surface area contributed by atoms with Crippen LogP contribution in [0.2, 0.25) is 0 Å². The zero-order valence-electron chi connectivity index (χ0n) is 15.7. The van der Waals surface area contributed by atoms with Crippen molar-refractivity contribution in [3.8, 4) is 11.5 Å². The molecule has 1 atom stereocenters. The zero-order chi connectivity index (χ0) is 18.7. The smallest absolute Gasteiger partial charge is 0.180 e. The molecule has 3 aromatic heterocycles. The minimum absolute atomic E-state index is 0.0119. The fourth-order valence-electron chi connectivity index (χ4n) is 2.60. The number of anilines is 1. The summed E-state index contributed by atoms with van der Waals surface area (Å²) in [6, 6.07) is 5.75. The van der Waals surface area contributed by atoms with Crippen molar-refractivity contribution in [2.45, 2.75) is 33.4 Å². The molecule has 3 heterocycles. The molecule has 0 amide bonds. The highest BCUT2D eigenvalue weighted by atomic mass is 32.1. The van der Waals surface area contributed by atoms with E-state index in [-0.39, 0.29) is 6.10 Å². The van der Waals surface area contributed by atoms with Gasteiger partial charge in [-0.25, -0.2) is 15.0 Å². The Bertz CT molecular complexity index is 881. The number of hydrogen-bond acceptors (Lipinski definition) is 7. The van der Waals surface area contributed by atoms with E-state index in [4.69, 9.17) is 9.72 Å². The Morgan fingerprint density at radius 1 is 1.19 bits per heavy atom. The number of pyridine rings is 1. The second-order valence-corrected chi connectivity index (χ2v) is 7.10. The molecule has 3 rings (SSSR count). The van der Waals surface area contributed by atoms with E-state index in [1.54, 1.807) is 24.6 Å². The fourth-order valence-corrected chi connectivity index (χ4v) is 3.44. The summed E-state index contributed by atoms with van der Waals surface area (Å²) in [7, 11) is 3.72. The first kappa shape index (κ1) is 18.4. The van der Waals surface area contributed by atoms with E-state index in [0.29, 0.717) is 12.4 Å². The number of aryl methyl sites for hydroxylation is 1. The zero-order valence-corrected chi connectivity index (χ0v) is 16.5. The highest BCUT2D eigenvalue weighted by Gasteiger charge is 2.16. The number of hydrogen-bond donors (Lipinski definition) is 0. The summed E-state index contributed by atoms with van der Waals surface area (Å²) < 4.78 is 5.35. The molecule has 0 aliphatic carbocycles. The first-order valence-electron chi connectivity index (χ1n) is 8.44. The van der Waals surface area contributed by atoms with Crippen LogP contribution in [0.3, 0.4) is 0 Å². The molecule has 3 aromatic rings. The van der Waals surface area contributed by atoms with Crippen molar-refractivity contribution in [1.82, 2.24) is 19.9 Å². The van der Waals surface area contributed by atoms with Crippen molar-refractivity contribution < 1.29 is 4.74 Å². The van der Waals surface area contributed by atoms with Crippen molar-refractivity contribution in [3.05, 3.63) is 51.7 Å². The van der Waals surface area contributed by atoms with Gasteiger partial charge < -0.3 is 9.64 Å². The van der Waals surface area contributed by atoms with Crippen LogP contribution in [-0.4, -0.2) is 34.1 Å². The number of nitrogens with zero attached hydrogens (tertiary/aromatic N) is 5. The van der Waals surface area contributed by atoms with Crippen molar-refractivity contribution in [2.75, 3.05) is 19.1 Å². The van der Waals surface area contributed by atoms with Gasteiger partial charge in [0.15, 0.2) is 5.82 Å². The number of methoxy groups -OCH3 is 1. The van der Waals surface area contributed by atoms with Gasteiger partial charge in [0.1, 0.15) is 22.6 Å². The van der Waals surface area contributed by atoms with Gasteiger partial charge in [-0.3, -0.25) is 4.98 Å². The van der Waals surface area contributed by atoms with Gasteiger partial charge in [-0.15, -0.1) is 11.3 Å². The molecule has 0 saturated heterocycles. The van der Waals surface area contributed by atoms with Crippen LogP contribution in [0.15, 0.2) is 29.8 Å². The predicted molar refractivity (Wildman–Crippen MR) is 104 cm³/mol. The Morgan fingerprint density at radius 3 is 2.69 bits per heavy atom. The lowest BCUT2D eigenvalue weighted by Crippen LogP contribution is -2.20. The number of rotatable bonds is 6. The van der Waals surface area contributed by atoms with Crippen molar-refractivity contribution >= 4 is 17.2 Å². The van der Waals surface area contributed by atoms with Gasteiger partial charge in [-0.05, 0) is 32.9 Å². The van der Waals surface area contributed by atoms with Gasteiger partial charge in [0.2, 0.25) is 0 Å². The molecule has 136 valence electrons. The van der Waals surface area contributed by atoms with Gasteiger partial charge in [0.25, 0.3) is 0 Å². The first-order chi connectivity index (χ1) is 12.5. The number of ether oxygens (including phenoxy) is 1. The van der Waals surface area contributed by atoms with E-state index in [1.165, 1.54) is 0 Å². The van der Waals surface area contributed by atoms with Crippen LogP contribution >= 0.6 is 11.3 Å². The van der Waals surface area contributed by atoms with Gasteiger partial charge >= 0.3 is 0 Å². The third-order valence-corrected chi connectivity index (χ3v) is 5.34.